The first-order valence-electron chi connectivity index (χ1n) is 8.34. The SMILES string of the molecule is CCNC(=NCCNC(=O)C(C)(C)C)NC1CCC(O)CC1.I. The average Bonchev–Trinajstić information content (AvgIpc) is 2.44. The highest BCUT2D eigenvalue weighted by molar-refractivity contribution is 14.0. The number of carbonyl (C=O) groups excluding carboxylic acids is 1. The molecule has 4 N–H and O–H groups in total. The zero-order chi connectivity index (χ0) is 16.6. The molecule has 0 heterocycles. The van der Waals surface area contributed by atoms with Crippen molar-refractivity contribution in [2.24, 2.45) is 10.4 Å². The Kier molecular flexibility index (Phi) is 10.8. The highest BCUT2D eigenvalue weighted by Crippen LogP contribution is 2.18. The van der Waals surface area contributed by atoms with Crippen LogP contribution >= 0.6 is 24.0 Å². The lowest BCUT2D eigenvalue weighted by atomic mass is 9.93. The third-order valence-electron chi connectivity index (χ3n) is 3.73. The van der Waals surface area contributed by atoms with Crippen molar-refractivity contribution in [1.82, 2.24) is 16.0 Å². The number of aliphatic hydroxyl groups excluding tert-OH is 1. The Balaban J connectivity index is 0.00000484. The van der Waals surface area contributed by atoms with Crippen molar-refractivity contribution in [3.05, 3.63) is 0 Å². The van der Waals surface area contributed by atoms with Crippen molar-refractivity contribution in [1.29, 1.82) is 0 Å². The number of hydrogen-bond acceptors (Lipinski definition) is 3. The van der Waals surface area contributed by atoms with Crippen LogP contribution in [0.3, 0.4) is 0 Å². The molecule has 0 unspecified atom stereocenters. The van der Waals surface area contributed by atoms with Gasteiger partial charge in [0.2, 0.25) is 5.91 Å². The smallest absolute Gasteiger partial charge is 0.225 e. The van der Waals surface area contributed by atoms with Crippen molar-refractivity contribution >= 4 is 35.8 Å². The highest BCUT2D eigenvalue weighted by Gasteiger charge is 2.21. The summed E-state index contributed by atoms with van der Waals surface area (Å²) < 4.78 is 0. The monoisotopic (exact) mass is 440 g/mol. The predicted molar refractivity (Wildman–Crippen MR) is 105 cm³/mol. The number of amides is 1. The number of rotatable bonds is 5. The molecule has 0 spiro atoms. The number of aliphatic imine (C=N–C) groups is 1. The molecule has 1 aliphatic carbocycles. The van der Waals surface area contributed by atoms with Gasteiger partial charge in [-0.2, -0.15) is 0 Å². The van der Waals surface area contributed by atoms with Gasteiger partial charge in [-0.25, -0.2) is 0 Å². The summed E-state index contributed by atoms with van der Waals surface area (Å²) in [7, 11) is 0. The summed E-state index contributed by atoms with van der Waals surface area (Å²) in [5.41, 5.74) is -0.366. The maximum Gasteiger partial charge on any atom is 0.225 e. The van der Waals surface area contributed by atoms with E-state index in [-0.39, 0.29) is 41.4 Å². The molecule has 0 saturated heterocycles. The fraction of sp³-hybridized carbons (Fsp3) is 0.875. The van der Waals surface area contributed by atoms with Gasteiger partial charge in [0.05, 0.1) is 12.6 Å². The van der Waals surface area contributed by atoms with Crippen LogP contribution in [0.25, 0.3) is 0 Å². The van der Waals surface area contributed by atoms with Crippen molar-refractivity contribution in [3.8, 4) is 0 Å². The topological polar surface area (TPSA) is 85.8 Å². The van der Waals surface area contributed by atoms with Crippen LogP contribution in [0.4, 0.5) is 0 Å². The standard InChI is InChI=1S/C16H32N4O2.HI/c1-5-17-15(20-12-6-8-13(21)9-7-12)19-11-10-18-14(22)16(2,3)4;/h12-13,21H,5-11H2,1-4H3,(H,18,22)(H2,17,19,20);1H. The maximum absolute atomic E-state index is 11.8. The van der Waals surface area contributed by atoms with Crippen LogP contribution in [-0.2, 0) is 4.79 Å². The van der Waals surface area contributed by atoms with E-state index in [1.54, 1.807) is 0 Å². The molecule has 23 heavy (non-hydrogen) atoms. The van der Waals surface area contributed by atoms with E-state index < -0.39 is 0 Å². The molecule has 136 valence electrons. The lowest BCUT2D eigenvalue weighted by Gasteiger charge is -2.27. The molecule has 0 aliphatic heterocycles. The first kappa shape index (κ1) is 22.4. The van der Waals surface area contributed by atoms with Gasteiger partial charge >= 0.3 is 0 Å². The molecule has 1 amide bonds. The summed E-state index contributed by atoms with van der Waals surface area (Å²) in [5, 5.41) is 19.1. The van der Waals surface area contributed by atoms with Gasteiger partial charge in [-0.1, -0.05) is 20.8 Å². The normalized spacial score (nSPS) is 22.0. The number of carbonyl (C=O) groups is 1. The van der Waals surface area contributed by atoms with E-state index in [4.69, 9.17) is 0 Å². The van der Waals surface area contributed by atoms with E-state index in [2.05, 4.69) is 20.9 Å². The van der Waals surface area contributed by atoms with Crippen LogP contribution in [0.2, 0.25) is 0 Å². The van der Waals surface area contributed by atoms with Crippen molar-refractivity contribution in [2.75, 3.05) is 19.6 Å². The Morgan fingerprint density at radius 3 is 2.30 bits per heavy atom. The highest BCUT2D eigenvalue weighted by atomic mass is 127. The van der Waals surface area contributed by atoms with E-state index in [1.807, 2.05) is 27.7 Å². The zero-order valence-electron chi connectivity index (χ0n) is 14.8. The van der Waals surface area contributed by atoms with Gasteiger partial charge in [0.15, 0.2) is 5.96 Å². The molecule has 0 aromatic carbocycles. The van der Waals surface area contributed by atoms with Gasteiger partial charge in [0.1, 0.15) is 0 Å². The summed E-state index contributed by atoms with van der Waals surface area (Å²) in [6.07, 6.45) is 3.47. The van der Waals surface area contributed by atoms with Gasteiger partial charge in [0.25, 0.3) is 0 Å². The van der Waals surface area contributed by atoms with Crippen LogP contribution in [-0.4, -0.2) is 48.8 Å². The number of aliphatic hydroxyl groups is 1. The largest absolute Gasteiger partial charge is 0.393 e. The summed E-state index contributed by atoms with van der Waals surface area (Å²) in [6, 6.07) is 0.366. The van der Waals surface area contributed by atoms with E-state index >= 15 is 0 Å². The second-order valence-electron chi connectivity index (χ2n) is 6.92. The quantitative estimate of drug-likeness (QED) is 0.227. The Morgan fingerprint density at radius 1 is 1.17 bits per heavy atom. The molecule has 0 atom stereocenters. The number of nitrogens with one attached hydrogen (secondary N) is 3. The maximum atomic E-state index is 11.8. The minimum Gasteiger partial charge on any atom is -0.393 e. The predicted octanol–water partition coefficient (Wildman–Crippen LogP) is 1.63. The van der Waals surface area contributed by atoms with Crippen molar-refractivity contribution in [3.63, 3.8) is 0 Å². The number of guanidine groups is 1. The third-order valence-corrected chi connectivity index (χ3v) is 3.73. The van der Waals surface area contributed by atoms with Crippen LogP contribution in [0.5, 0.6) is 0 Å². The minimum absolute atomic E-state index is 0. The van der Waals surface area contributed by atoms with Crippen LogP contribution in [0, 0.1) is 5.41 Å². The van der Waals surface area contributed by atoms with Gasteiger partial charge in [-0.05, 0) is 32.6 Å². The molecule has 0 aromatic rings. The molecule has 0 bridgehead atoms. The Hall–Kier alpha value is -0.570. The molecule has 0 radical (unpaired) electrons. The van der Waals surface area contributed by atoms with E-state index in [9.17, 15) is 9.90 Å². The van der Waals surface area contributed by atoms with E-state index in [0.29, 0.717) is 19.1 Å². The molecule has 6 nitrogen and oxygen atoms in total. The Morgan fingerprint density at radius 2 is 1.78 bits per heavy atom. The summed E-state index contributed by atoms with van der Waals surface area (Å²) in [5.74, 6) is 0.829. The summed E-state index contributed by atoms with van der Waals surface area (Å²) >= 11 is 0. The number of halogens is 1. The van der Waals surface area contributed by atoms with Gasteiger partial charge in [0, 0.05) is 24.5 Å². The molecule has 1 rings (SSSR count). The molecule has 1 fully saturated rings. The van der Waals surface area contributed by atoms with Gasteiger partial charge in [-0.3, -0.25) is 9.79 Å². The fourth-order valence-corrected chi connectivity index (χ4v) is 2.34. The molecule has 1 saturated carbocycles. The summed E-state index contributed by atoms with van der Waals surface area (Å²) in [6.45, 7) is 9.61. The number of nitrogens with zero attached hydrogens (tertiary/aromatic N) is 1. The molecule has 7 heteroatoms. The lowest BCUT2D eigenvalue weighted by molar-refractivity contribution is -0.128. The average molecular weight is 440 g/mol. The Labute approximate surface area is 157 Å². The first-order valence-corrected chi connectivity index (χ1v) is 8.34. The lowest BCUT2D eigenvalue weighted by Crippen LogP contribution is -2.45. The number of hydrogen-bond donors (Lipinski definition) is 4. The second-order valence-corrected chi connectivity index (χ2v) is 6.92. The first-order chi connectivity index (χ1) is 10.3. The van der Waals surface area contributed by atoms with E-state index in [1.165, 1.54) is 0 Å². The van der Waals surface area contributed by atoms with Crippen LogP contribution < -0.4 is 16.0 Å². The molecule has 0 aromatic heterocycles. The van der Waals surface area contributed by atoms with Gasteiger partial charge in [-0.15, -0.1) is 24.0 Å². The van der Waals surface area contributed by atoms with Gasteiger partial charge < -0.3 is 21.1 Å². The molecular formula is C16H33IN4O2. The Bertz CT molecular complexity index is 375. The summed E-state index contributed by atoms with van der Waals surface area (Å²) in [4.78, 5) is 16.3. The third kappa shape index (κ3) is 9.34. The van der Waals surface area contributed by atoms with E-state index in [0.717, 1.165) is 38.2 Å². The van der Waals surface area contributed by atoms with Crippen molar-refractivity contribution in [2.45, 2.75) is 65.5 Å². The molecular weight excluding hydrogens is 407 g/mol. The molecule has 1 aliphatic rings. The van der Waals surface area contributed by atoms with Crippen LogP contribution in [0.15, 0.2) is 4.99 Å². The van der Waals surface area contributed by atoms with Crippen LogP contribution in [0.1, 0.15) is 53.4 Å². The minimum atomic E-state index is -0.366. The second kappa shape index (κ2) is 11.1. The zero-order valence-corrected chi connectivity index (χ0v) is 17.1. The van der Waals surface area contributed by atoms with Crippen molar-refractivity contribution < 1.29 is 9.90 Å². The fourth-order valence-electron chi connectivity index (χ4n) is 2.34.